The highest BCUT2D eigenvalue weighted by molar-refractivity contribution is 6.19. The van der Waals surface area contributed by atoms with Crippen LogP contribution in [0.3, 0.4) is 0 Å². The molecule has 1 aromatic heterocycles. The molecule has 2 aliphatic rings. The molecule has 5 rings (SSSR count). The van der Waals surface area contributed by atoms with Crippen LogP contribution in [0.5, 0.6) is 0 Å². The van der Waals surface area contributed by atoms with Gasteiger partial charge in [-0.1, -0.05) is 12.1 Å². The van der Waals surface area contributed by atoms with Crippen LogP contribution >= 0.6 is 0 Å². The largest absolute Gasteiger partial charge is 0.353 e. The second-order valence-electron chi connectivity index (χ2n) is 10.00. The fraction of sp³-hybridized carbons (Fsp3) is 0.323. The van der Waals surface area contributed by atoms with Crippen molar-refractivity contribution in [2.75, 3.05) is 31.1 Å². The Morgan fingerprint density at radius 1 is 0.895 bits per heavy atom. The Hall–Kier alpha value is -3.87. The summed E-state index contributed by atoms with van der Waals surface area (Å²) < 4.78 is 27.1. The minimum absolute atomic E-state index is 0.141. The van der Waals surface area contributed by atoms with Crippen molar-refractivity contribution < 1.29 is 13.6 Å². The van der Waals surface area contributed by atoms with E-state index in [2.05, 4.69) is 22.9 Å². The van der Waals surface area contributed by atoms with Crippen LogP contribution in [0, 0.1) is 18.6 Å². The summed E-state index contributed by atoms with van der Waals surface area (Å²) in [6.07, 6.45) is 3.68. The van der Waals surface area contributed by atoms with Gasteiger partial charge < -0.3 is 9.80 Å². The molecule has 0 spiro atoms. The molecule has 1 unspecified atom stereocenters. The summed E-state index contributed by atoms with van der Waals surface area (Å²) >= 11 is 0. The lowest BCUT2D eigenvalue weighted by Crippen LogP contribution is -2.49. The molecule has 0 N–H and O–H groups in total. The SMILES string of the molecule is CC1=C(c2ccc(F)cc2)C(CCCC(=O)N2CCN(c3cc(C)ccn3)CC2)N=C1c1ccc(F)cc1. The molecule has 5 nitrogen and oxygen atoms in total. The average Bonchev–Trinajstić information content (AvgIpc) is 3.25. The van der Waals surface area contributed by atoms with E-state index in [1.54, 1.807) is 24.3 Å². The van der Waals surface area contributed by atoms with E-state index in [9.17, 15) is 13.6 Å². The van der Waals surface area contributed by atoms with E-state index in [4.69, 9.17) is 4.99 Å². The number of amides is 1. The summed E-state index contributed by atoms with van der Waals surface area (Å²) in [6.45, 7) is 6.98. The molecule has 0 aliphatic carbocycles. The van der Waals surface area contributed by atoms with Crippen LogP contribution in [-0.4, -0.2) is 53.7 Å². The third-order valence-electron chi connectivity index (χ3n) is 7.38. The molecule has 3 heterocycles. The summed E-state index contributed by atoms with van der Waals surface area (Å²) in [5.41, 5.74) is 5.80. The van der Waals surface area contributed by atoms with Crippen molar-refractivity contribution in [3.05, 3.63) is 101 Å². The number of hydrogen-bond acceptors (Lipinski definition) is 4. The number of aromatic nitrogens is 1. The minimum atomic E-state index is -0.293. The standard InChI is InChI=1S/C31H32F2N4O/c1-21-14-15-34-28(20-21)36-16-18-37(19-17-36)29(38)5-3-4-27-30(23-6-10-25(32)11-7-23)22(2)31(35-27)24-8-12-26(33)13-9-24/h6-15,20,27H,3-5,16-19H2,1-2H3. The molecular formula is C31H32F2N4O. The highest BCUT2D eigenvalue weighted by Crippen LogP contribution is 2.35. The molecule has 1 fully saturated rings. The van der Waals surface area contributed by atoms with E-state index in [-0.39, 0.29) is 23.6 Å². The van der Waals surface area contributed by atoms with Crippen molar-refractivity contribution in [3.8, 4) is 0 Å². The number of aliphatic imine (C=N–C) groups is 1. The monoisotopic (exact) mass is 514 g/mol. The van der Waals surface area contributed by atoms with Crippen LogP contribution < -0.4 is 4.90 Å². The molecule has 2 aliphatic heterocycles. The smallest absolute Gasteiger partial charge is 0.222 e. The average molecular weight is 515 g/mol. The van der Waals surface area contributed by atoms with Gasteiger partial charge in [-0.3, -0.25) is 9.79 Å². The van der Waals surface area contributed by atoms with Gasteiger partial charge in [-0.05, 0) is 97.5 Å². The first-order valence-corrected chi connectivity index (χ1v) is 13.2. The second kappa shape index (κ2) is 11.3. The van der Waals surface area contributed by atoms with Gasteiger partial charge in [0.25, 0.3) is 0 Å². The fourth-order valence-corrected chi connectivity index (χ4v) is 5.32. The van der Waals surface area contributed by atoms with Gasteiger partial charge in [0.2, 0.25) is 5.91 Å². The van der Waals surface area contributed by atoms with Crippen molar-refractivity contribution in [2.24, 2.45) is 4.99 Å². The summed E-state index contributed by atoms with van der Waals surface area (Å²) in [5, 5.41) is 0. The number of pyridine rings is 1. The highest BCUT2D eigenvalue weighted by Gasteiger charge is 2.28. The lowest BCUT2D eigenvalue weighted by molar-refractivity contribution is -0.131. The molecule has 196 valence electrons. The number of benzene rings is 2. The number of piperazine rings is 1. The van der Waals surface area contributed by atoms with Crippen molar-refractivity contribution in [3.63, 3.8) is 0 Å². The zero-order chi connectivity index (χ0) is 26.6. The lowest BCUT2D eigenvalue weighted by atomic mass is 9.91. The van der Waals surface area contributed by atoms with Crippen LogP contribution in [0.25, 0.3) is 5.57 Å². The molecule has 7 heteroatoms. The molecule has 0 radical (unpaired) electrons. The van der Waals surface area contributed by atoms with Crippen LogP contribution in [0.15, 0.2) is 77.4 Å². The molecule has 3 aromatic rings. The normalized spacial score (nSPS) is 17.7. The zero-order valence-electron chi connectivity index (χ0n) is 21.8. The van der Waals surface area contributed by atoms with E-state index in [0.29, 0.717) is 32.4 Å². The van der Waals surface area contributed by atoms with E-state index in [0.717, 1.165) is 46.9 Å². The van der Waals surface area contributed by atoms with E-state index in [1.165, 1.54) is 29.8 Å². The first-order valence-electron chi connectivity index (χ1n) is 13.2. The zero-order valence-corrected chi connectivity index (χ0v) is 21.8. The Morgan fingerprint density at radius 2 is 1.53 bits per heavy atom. The van der Waals surface area contributed by atoms with Gasteiger partial charge in [0, 0.05) is 44.4 Å². The number of nitrogens with zero attached hydrogens (tertiary/aromatic N) is 4. The minimum Gasteiger partial charge on any atom is -0.353 e. The Kier molecular flexibility index (Phi) is 7.63. The first-order chi connectivity index (χ1) is 18.4. The fourth-order valence-electron chi connectivity index (χ4n) is 5.32. The molecule has 0 bridgehead atoms. The summed E-state index contributed by atoms with van der Waals surface area (Å²) in [6, 6.07) is 16.7. The second-order valence-corrected chi connectivity index (χ2v) is 10.00. The number of carbonyl (C=O) groups is 1. The lowest BCUT2D eigenvalue weighted by Gasteiger charge is -2.35. The molecular weight excluding hydrogens is 482 g/mol. The Bertz CT molecular complexity index is 1360. The Balaban J connectivity index is 1.23. The van der Waals surface area contributed by atoms with E-state index in [1.807, 2.05) is 24.1 Å². The third-order valence-corrected chi connectivity index (χ3v) is 7.38. The number of hydrogen-bond donors (Lipinski definition) is 0. The number of halogens is 2. The Labute approximate surface area is 222 Å². The van der Waals surface area contributed by atoms with Gasteiger partial charge in [-0.15, -0.1) is 0 Å². The number of carbonyl (C=O) groups excluding carboxylic acids is 1. The van der Waals surface area contributed by atoms with Crippen LogP contribution in [0.4, 0.5) is 14.6 Å². The summed E-state index contributed by atoms with van der Waals surface area (Å²) in [4.78, 5) is 26.6. The van der Waals surface area contributed by atoms with Gasteiger partial charge in [-0.25, -0.2) is 13.8 Å². The quantitative estimate of drug-likeness (QED) is 0.399. The number of rotatable bonds is 7. The van der Waals surface area contributed by atoms with Crippen molar-refractivity contribution in [1.82, 2.24) is 9.88 Å². The molecule has 1 amide bonds. The van der Waals surface area contributed by atoms with Crippen molar-refractivity contribution in [1.29, 1.82) is 0 Å². The van der Waals surface area contributed by atoms with Crippen molar-refractivity contribution >= 4 is 23.0 Å². The third kappa shape index (κ3) is 5.67. The molecule has 1 atom stereocenters. The summed E-state index contributed by atoms with van der Waals surface area (Å²) in [5.74, 6) is 0.541. The summed E-state index contributed by atoms with van der Waals surface area (Å²) in [7, 11) is 0. The maximum atomic E-state index is 13.6. The Morgan fingerprint density at radius 3 is 2.16 bits per heavy atom. The first kappa shape index (κ1) is 25.8. The number of anilines is 1. The van der Waals surface area contributed by atoms with E-state index >= 15 is 0 Å². The molecule has 2 aromatic carbocycles. The van der Waals surface area contributed by atoms with Gasteiger partial charge >= 0.3 is 0 Å². The molecule has 0 saturated carbocycles. The van der Waals surface area contributed by atoms with Gasteiger partial charge in [0.1, 0.15) is 17.5 Å². The topological polar surface area (TPSA) is 48.8 Å². The number of allylic oxidation sites excluding steroid dienone is 1. The predicted octanol–water partition coefficient (Wildman–Crippen LogP) is 5.83. The van der Waals surface area contributed by atoms with Gasteiger partial charge in [0.15, 0.2) is 0 Å². The maximum absolute atomic E-state index is 13.6. The van der Waals surface area contributed by atoms with Crippen LogP contribution in [0.2, 0.25) is 0 Å². The van der Waals surface area contributed by atoms with Crippen molar-refractivity contribution in [2.45, 2.75) is 39.2 Å². The van der Waals surface area contributed by atoms with Crippen LogP contribution in [0.1, 0.15) is 42.9 Å². The van der Waals surface area contributed by atoms with Gasteiger partial charge in [-0.2, -0.15) is 0 Å². The highest BCUT2D eigenvalue weighted by atomic mass is 19.1. The van der Waals surface area contributed by atoms with Crippen LogP contribution in [-0.2, 0) is 4.79 Å². The number of aryl methyl sites for hydroxylation is 1. The molecule has 1 saturated heterocycles. The van der Waals surface area contributed by atoms with E-state index < -0.39 is 0 Å². The van der Waals surface area contributed by atoms with Gasteiger partial charge in [0.05, 0.1) is 11.8 Å². The maximum Gasteiger partial charge on any atom is 0.222 e. The predicted molar refractivity (Wildman–Crippen MR) is 147 cm³/mol. The molecule has 38 heavy (non-hydrogen) atoms.